The molecule has 0 bridgehead atoms. The maximum Gasteiger partial charge on any atom is 0.413 e. The zero-order valence-corrected chi connectivity index (χ0v) is 22.3. The van der Waals surface area contributed by atoms with Crippen LogP contribution in [0.2, 0.25) is 0 Å². The maximum atomic E-state index is 13.1. The summed E-state index contributed by atoms with van der Waals surface area (Å²) in [5, 5.41) is 10.6. The standard InChI is InChI=1S/C21H28BN5O7S2/c1-5-11-8-27-17(30)15(18(27)35-9-11)24-16(29)14(26-32-7-6-13(28)34-22)12-10-36-19(23-12)25-20(31)33-21(2,3)4/h8,10,15,18H,5-7,9,22H2,1-4H3,(H,24,29)(H,23,25,31)/b26-14-/t15-,18-/m1/s1. The van der Waals surface area contributed by atoms with Crippen LogP contribution >= 0.6 is 23.1 Å². The third kappa shape index (κ3) is 7.00. The van der Waals surface area contributed by atoms with Gasteiger partial charge < -0.3 is 24.4 Å². The van der Waals surface area contributed by atoms with Crippen molar-refractivity contribution < 1.29 is 33.4 Å². The zero-order chi connectivity index (χ0) is 26.5. The Morgan fingerprint density at radius 1 is 1.33 bits per heavy atom. The van der Waals surface area contributed by atoms with Gasteiger partial charge in [-0.15, -0.1) is 23.1 Å². The van der Waals surface area contributed by atoms with Gasteiger partial charge in [-0.2, -0.15) is 0 Å². The molecular formula is C21H28BN5O7S2. The van der Waals surface area contributed by atoms with Crippen molar-refractivity contribution in [3.05, 3.63) is 22.8 Å². The molecule has 15 heteroatoms. The molecule has 194 valence electrons. The summed E-state index contributed by atoms with van der Waals surface area (Å²) in [6, 6.07) is -0.726. The van der Waals surface area contributed by atoms with E-state index in [4.69, 9.17) is 9.57 Å². The first-order valence-corrected chi connectivity index (χ1v) is 13.1. The van der Waals surface area contributed by atoms with Gasteiger partial charge in [0.1, 0.15) is 29.3 Å². The summed E-state index contributed by atoms with van der Waals surface area (Å²) in [5.41, 5.74) is 0.375. The number of carbonyl (C=O) groups excluding carboxylic acids is 4. The highest BCUT2D eigenvalue weighted by Crippen LogP contribution is 2.36. The average molecular weight is 537 g/mol. The monoisotopic (exact) mass is 537 g/mol. The van der Waals surface area contributed by atoms with Crippen LogP contribution in [0.15, 0.2) is 22.3 Å². The van der Waals surface area contributed by atoms with Crippen molar-refractivity contribution in [2.24, 2.45) is 5.16 Å². The number of carbonyl (C=O) groups is 4. The van der Waals surface area contributed by atoms with E-state index in [-0.39, 0.29) is 40.8 Å². The first-order valence-electron chi connectivity index (χ1n) is 11.2. The molecule has 1 fully saturated rings. The van der Waals surface area contributed by atoms with E-state index in [1.807, 2.05) is 13.1 Å². The zero-order valence-electron chi connectivity index (χ0n) is 20.7. The van der Waals surface area contributed by atoms with Gasteiger partial charge in [-0.05, 0) is 32.8 Å². The molecule has 3 heterocycles. The van der Waals surface area contributed by atoms with E-state index in [1.165, 1.54) is 13.4 Å². The number of thioether (sulfide) groups is 1. The van der Waals surface area contributed by atoms with Gasteiger partial charge in [0.15, 0.2) is 10.8 Å². The number of aromatic nitrogens is 1. The number of hydrogen-bond donors (Lipinski definition) is 2. The van der Waals surface area contributed by atoms with Crippen molar-refractivity contribution in [1.29, 1.82) is 0 Å². The van der Waals surface area contributed by atoms with Crippen LogP contribution in [0, 0.1) is 0 Å². The molecule has 3 amide bonds. The summed E-state index contributed by atoms with van der Waals surface area (Å²) in [5.74, 6) is -0.613. The molecule has 2 aliphatic heterocycles. The predicted octanol–water partition coefficient (Wildman–Crippen LogP) is 1.39. The summed E-state index contributed by atoms with van der Waals surface area (Å²) in [4.78, 5) is 60.2. The van der Waals surface area contributed by atoms with Gasteiger partial charge in [0, 0.05) is 17.3 Å². The minimum Gasteiger partial charge on any atom is -0.543 e. The minimum absolute atomic E-state index is 0.0711. The van der Waals surface area contributed by atoms with Crippen LogP contribution in [0.1, 0.15) is 46.2 Å². The van der Waals surface area contributed by atoms with Crippen molar-refractivity contribution in [3.8, 4) is 0 Å². The Morgan fingerprint density at radius 2 is 2.08 bits per heavy atom. The fourth-order valence-corrected chi connectivity index (χ4v) is 5.19. The molecule has 1 aromatic heterocycles. The van der Waals surface area contributed by atoms with Crippen LogP contribution in [0.4, 0.5) is 9.93 Å². The van der Waals surface area contributed by atoms with E-state index >= 15 is 0 Å². The number of ether oxygens (including phenoxy) is 1. The van der Waals surface area contributed by atoms with Gasteiger partial charge in [-0.25, -0.2) is 9.78 Å². The molecule has 36 heavy (non-hydrogen) atoms. The van der Waals surface area contributed by atoms with E-state index in [2.05, 4.69) is 25.4 Å². The van der Waals surface area contributed by atoms with Crippen molar-refractivity contribution >= 4 is 65.9 Å². The number of thiazole rings is 1. The second kappa shape index (κ2) is 11.8. The molecule has 12 nitrogen and oxygen atoms in total. The van der Waals surface area contributed by atoms with E-state index in [0.29, 0.717) is 0 Å². The summed E-state index contributed by atoms with van der Waals surface area (Å²) in [6.07, 6.45) is 1.92. The van der Waals surface area contributed by atoms with Gasteiger partial charge in [-0.1, -0.05) is 12.1 Å². The van der Waals surface area contributed by atoms with E-state index < -0.39 is 29.6 Å². The van der Waals surface area contributed by atoms with Crippen molar-refractivity contribution in [3.63, 3.8) is 0 Å². The number of hydrogen-bond acceptors (Lipinski definition) is 11. The Labute approximate surface area is 217 Å². The molecule has 0 aliphatic carbocycles. The van der Waals surface area contributed by atoms with Crippen molar-refractivity contribution in [1.82, 2.24) is 15.2 Å². The number of rotatable bonds is 9. The lowest BCUT2D eigenvalue weighted by Gasteiger charge is -2.47. The predicted molar refractivity (Wildman–Crippen MR) is 137 cm³/mol. The Bertz CT molecular complexity index is 1080. The maximum absolute atomic E-state index is 13.1. The largest absolute Gasteiger partial charge is 0.543 e. The van der Waals surface area contributed by atoms with Crippen molar-refractivity contribution in [2.45, 2.75) is 57.6 Å². The molecule has 0 aromatic carbocycles. The van der Waals surface area contributed by atoms with Crippen LogP contribution in [-0.2, 0) is 28.6 Å². The summed E-state index contributed by atoms with van der Waals surface area (Å²) >= 11 is 2.63. The topological polar surface area (TPSA) is 149 Å². The number of nitrogens with one attached hydrogen (secondary N) is 2. The summed E-state index contributed by atoms with van der Waals surface area (Å²) in [7, 11) is 1.25. The van der Waals surface area contributed by atoms with Gasteiger partial charge in [0.25, 0.3) is 17.8 Å². The first kappa shape index (κ1) is 27.5. The highest BCUT2D eigenvalue weighted by Gasteiger charge is 2.49. The Kier molecular flexibility index (Phi) is 9.01. The molecule has 1 aromatic rings. The number of anilines is 1. The molecule has 0 saturated carbocycles. The fourth-order valence-electron chi connectivity index (χ4n) is 3.14. The average Bonchev–Trinajstić information content (AvgIpc) is 3.27. The van der Waals surface area contributed by atoms with Crippen LogP contribution in [0.5, 0.6) is 0 Å². The molecule has 0 radical (unpaired) electrons. The van der Waals surface area contributed by atoms with Crippen LogP contribution < -0.4 is 10.6 Å². The molecule has 1 saturated heterocycles. The number of fused-ring (bicyclic) bond motifs is 1. The summed E-state index contributed by atoms with van der Waals surface area (Å²) < 4.78 is 9.77. The molecular weight excluding hydrogens is 509 g/mol. The molecule has 2 aliphatic rings. The van der Waals surface area contributed by atoms with Gasteiger partial charge in [0.05, 0.1) is 6.42 Å². The second-order valence-corrected chi connectivity index (χ2v) is 10.8. The molecule has 2 N–H and O–H groups in total. The van der Waals surface area contributed by atoms with E-state index in [9.17, 15) is 19.2 Å². The molecule has 3 rings (SSSR count). The lowest BCUT2D eigenvalue weighted by Crippen LogP contribution is -2.69. The van der Waals surface area contributed by atoms with Crippen LogP contribution in [0.25, 0.3) is 0 Å². The Hall–Kier alpha value is -3.07. The van der Waals surface area contributed by atoms with Crippen molar-refractivity contribution in [2.75, 3.05) is 17.7 Å². The fraction of sp³-hybridized carbons (Fsp3) is 0.524. The van der Waals surface area contributed by atoms with Gasteiger partial charge in [0.2, 0.25) is 0 Å². The normalized spacial score (nSPS) is 19.4. The smallest absolute Gasteiger partial charge is 0.413 e. The molecule has 2 atom stereocenters. The lowest BCUT2D eigenvalue weighted by atomic mass is 10.1. The van der Waals surface area contributed by atoms with Crippen LogP contribution in [-0.4, -0.2) is 76.9 Å². The second-order valence-electron chi connectivity index (χ2n) is 8.80. The third-order valence-corrected chi connectivity index (χ3v) is 7.07. The van der Waals surface area contributed by atoms with E-state index in [0.717, 1.165) is 29.1 Å². The first-order chi connectivity index (χ1) is 17.0. The van der Waals surface area contributed by atoms with E-state index in [1.54, 1.807) is 37.4 Å². The SMILES string of the molecule is BOC(=O)CCO/N=C(\C(=O)N[C@@H]1C(=O)N2C=C(CC)CS[C@H]12)c1csc(NC(=O)OC(C)(C)C)n1. The number of amides is 3. The number of nitrogens with zero attached hydrogens (tertiary/aromatic N) is 3. The van der Waals surface area contributed by atoms with Gasteiger partial charge in [-0.3, -0.25) is 19.7 Å². The molecule has 0 unspecified atom stereocenters. The quantitative estimate of drug-likeness (QED) is 0.157. The number of β-lactam (4-membered cyclic amide) rings is 1. The highest BCUT2D eigenvalue weighted by atomic mass is 32.2. The number of oxime groups is 1. The Balaban J connectivity index is 1.72. The van der Waals surface area contributed by atoms with Gasteiger partial charge >= 0.3 is 14.1 Å². The molecule has 0 spiro atoms. The highest BCUT2D eigenvalue weighted by molar-refractivity contribution is 8.00. The third-order valence-electron chi connectivity index (χ3n) is 4.93. The lowest BCUT2D eigenvalue weighted by molar-refractivity contribution is -0.144. The minimum atomic E-state index is -0.726. The van der Waals surface area contributed by atoms with Crippen LogP contribution in [0.3, 0.4) is 0 Å². The summed E-state index contributed by atoms with van der Waals surface area (Å²) in [6.45, 7) is 7.08. The Morgan fingerprint density at radius 3 is 2.75 bits per heavy atom.